The number of ether oxygens (including phenoxy) is 1. The van der Waals surface area contributed by atoms with Crippen molar-refractivity contribution in [2.75, 3.05) is 14.1 Å². The monoisotopic (exact) mass is 242 g/mol. The minimum atomic E-state index is -0.419. The Hall–Kier alpha value is -2.36. The van der Waals surface area contributed by atoms with Crippen LogP contribution in [0.3, 0.4) is 0 Å². The van der Waals surface area contributed by atoms with Crippen LogP contribution in [0.5, 0.6) is 0 Å². The number of esters is 1. The molecule has 0 amide bonds. The van der Waals surface area contributed by atoms with E-state index in [0.717, 1.165) is 5.56 Å². The van der Waals surface area contributed by atoms with E-state index in [4.69, 9.17) is 4.74 Å². The smallest absolute Gasteiger partial charge is 0.363 e. The van der Waals surface area contributed by atoms with Crippen molar-refractivity contribution in [3.8, 4) is 0 Å². The third kappa shape index (κ3) is 2.85. The summed E-state index contributed by atoms with van der Waals surface area (Å²) in [6.07, 6.45) is 5.22. The highest BCUT2D eigenvalue weighted by molar-refractivity contribution is 6.11. The largest absolute Gasteiger partial charge is 0.402 e. The predicted octanol–water partition coefficient (Wildman–Crippen LogP) is 1.95. The molecular formula is C14H14N2O2. The fourth-order valence-electron chi connectivity index (χ4n) is 1.43. The molecule has 1 aromatic carbocycles. The Labute approximate surface area is 106 Å². The van der Waals surface area contributed by atoms with Gasteiger partial charge in [-0.05, 0) is 30.5 Å². The van der Waals surface area contributed by atoms with Crippen molar-refractivity contribution in [2.45, 2.75) is 0 Å². The molecule has 0 unspecified atom stereocenters. The molecule has 0 aliphatic carbocycles. The highest BCUT2D eigenvalue weighted by Gasteiger charge is 2.23. The number of carbonyl (C=O) groups excluding carboxylic acids is 1. The average molecular weight is 242 g/mol. The molecule has 18 heavy (non-hydrogen) atoms. The summed E-state index contributed by atoms with van der Waals surface area (Å²) in [5, 5.41) is 0. The summed E-state index contributed by atoms with van der Waals surface area (Å²) in [6, 6.07) is 9.35. The number of aliphatic imine (C=N–C) groups is 1. The molecule has 0 atom stereocenters. The molecule has 1 aliphatic heterocycles. The number of nitrogens with zero attached hydrogens (tertiary/aromatic N) is 2. The number of cyclic esters (lactones) is 1. The van der Waals surface area contributed by atoms with Crippen molar-refractivity contribution in [3.05, 3.63) is 59.9 Å². The molecule has 1 heterocycles. The fraction of sp³-hybridized carbons (Fsp3) is 0.143. The van der Waals surface area contributed by atoms with Crippen molar-refractivity contribution in [1.29, 1.82) is 0 Å². The summed E-state index contributed by atoms with van der Waals surface area (Å²) >= 11 is 0. The molecule has 0 radical (unpaired) electrons. The summed E-state index contributed by atoms with van der Waals surface area (Å²) in [4.78, 5) is 17.6. The van der Waals surface area contributed by atoms with Crippen LogP contribution in [0.2, 0.25) is 0 Å². The van der Waals surface area contributed by atoms with E-state index in [0.29, 0.717) is 11.6 Å². The summed E-state index contributed by atoms with van der Waals surface area (Å²) in [6.45, 7) is 0. The van der Waals surface area contributed by atoms with E-state index in [9.17, 15) is 4.79 Å². The molecule has 4 nitrogen and oxygen atoms in total. The fourth-order valence-corrected chi connectivity index (χ4v) is 1.43. The van der Waals surface area contributed by atoms with Crippen LogP contribution in [-0.2, 0) is 9.53 Å². The first-order chi connectivity index (χ1) is 8.66. The molecule has 1 aromatic rings. The van der Waals surface area contributed by atoms with Crippen molar-refractivity contribution in [1.82, 2.24) is 4.90 Å². The molecule has 0 bridgehead atoms. The molecule has 0 fully saturated rings. The second-order valence-electron chi connectivity index (χ2n) is 4.03. The lowest BCUT2D eigenvalue weighted by molar-refractivity contribution is -0.130. The van der Waals surface area contributed by atoms with Crippen LogP contribution >= 0.6 is 0 Å². The zero-order valence-electron chi connectivity index (χ0n) is 10.3. The van der Waals surface area contributed by atoms with Crippen LogP contribution in [0.25, 0.3) is 0 Å². The van der Waals surface area contributed by atoms with Crippen molar-refractivity contribution < 1.29 is 9.53 Å². The Kier molecular flexibility index (Phi) is 3.57. The molecule has 4 heteroatoms. The van der Waals surface area contributed by atoms with E-state index in [-0.39, 0.29) is 0 Å². The van der Waals surface area contributed by atoms with Gasteiger partial charge in [0.2, 0.25) is 5.90 Å². The molecule has 0 saturated carbocycles. The van der Waals surface area contributed by atoms with E-state index >= 15 is 0 Å². The van der Waals surface area contributed by atoms with E-state index in [1.54, 1.807) is 12.2 Å². The minimum Gasteiger partial charge on any atom is -0.402 e. The van der Waals surface area contributed by atoms with Gasteiger partial charge in [0.25, 0.3) is 0 Å². The Bertz CT molecular complexity index is 528. The maximum Gasteiger partial charge on any atom is 0.363 e. The quantitative estimate of drug-likeness (QED) is 0.601. The molecule has 92 valence electrons. The van der Waals surface area contributed by atoms with Gasteiger partial charge < -0.3 is 9.64 Å². The molecule has 0 aromatic heterocycles. The van der Waals surface area contributed by atoms with Gasteiger partial charge in [-0.3, -0.25) is 0 Å². The highest BCUT2D eigenvalue weighted by atomic mass is 16.6. The van der Waals surface area contributed by atoms with Gasteiger partial charge in [0.05, 0.1) is 0 Å². The second kappa shape index (κ2) is 5.31. The van der Waals surface area contributed by atoms with Gasteiger partial charge >= 0.3 is 5.97 Å². The van der Waals surface area contributed by atoms with Crippen LogP contribution < -0.4 is 0 Å². The van der Waals surface area contributed by atoms with Crippen LogP contribution in [-0.4, -0.2) is 30.9 Å². The molecular weight excluding hydrogens is 228 g/mol. The van der Waals surface area contributed by atoms with Gasteiger partial charge in [-0.15, -0.1) is 0 Å². The lowest BCUT2D eigenvalue weighted by atomic mass is 10.2. The van der Waals surface area contributed by atoms with Crippen molar-refractivity contribution in [3.63, 3.8) is 0 Å². The number of benzene rings is 1. The van der Waals surface area contributed by atoms with Crippen LogP contribution in [0.15, 0.2) is 59.4 Å². The number of hydrogen-bond acceptors (Lipinski definition) is 4. The summed E-state index contributed by atoms with van der Waals surface area (Å²) in [7, 11) is 3.81. The van der Waals surface area contributed by atoms with E-state index < -0.39 is 5.97 Å². The maximum absolute atomic E-state index is 11.6. The van der Waals surface area contributed by atoms with E-state index in [1.165, 1.54) is 0 Å². The Morgan fingerprint density at radius 1 is 1.22 bits per heavy atom. The summed E-state index contributed by atoms with van der Waals surface area (Å²) in [5.41, 5.74) is 1.11. The first kappa shape index (κ1) is 12.1. The van der Waals surface area contributed by atoms with Gasteiger partial charge in [-0.25, -0.2) is 9.79 Å². The first-order valence-electron chi connectivity index (χ1n) is 5.58. The third-order valence-corrected chi connectivity index (χ3v) is 2.28. The van der Waals surface area contributed by atoms with E-state index in [2.05, 4.69) is 4.99 Å². The minimum absolute atomic E-state index is 0.312. The zero-order valence-corrected chi connectivity index (χ0v) is 10.3. The SMILES string of the molecule is CN(C)/C=C/C=C1/N=C(c2ccccc2)OC1=O. The topological polar surface area (TPSA) is 41.9 Å². The van der Waals surface area contributed by atoms with Gasteiger partial charge in [-0.2, -0.15) is 0 Å². The second-order valence-corrected chi connectivity index (χ2v) is 4.03. The summed E-state index contributed by atoms with van der Waals surface area (Å²) < 4.78 is 5.11. The standard InChI is InChI=1S/C14H14N2O2/c1-16(2)10-6-9-12-14(17)18-13(15-12)11-7-4-3-5-8-11/h3-10H,1-2H3/b10-6+,12-9+. The number of carbonyl (C=O) groups is 1. The highest BCUT2D eigenvalue weighted by Crippen LogP contribution is 2.15. The maximum atomic E-state index is 11.6. The number of hydrogen-bond donors (Lipinski definition) is 0. The average Bonchev–Trinajstić information content (AvgIpc) is 2.72. The number of allylic oxidation sites excluding steroid dienone is 2. The summed E-state index contributed by atoms with van der Waals surface area (Å²) in [5.74, 6) is -0.0673. The van der Waals surface area contributed by atoms with Crippen LogP contribution in [0.1, 0.15) is 5.56 Å². The van der Waals surface area contributed by atoms with Gasteiger partial charge in [-0.1, -0.05) is 18.2 Å². The normalized spacial score (nSPS) is 17.1. The Morgan fingerprint density at radius 3 is 2.61 bits per heavy atom. The Balaban J connectivity index is 2.20. The lowest BCUT2D eigenvalue weighted by Crippen LogP contribution is -2.05. The molecule has 0 spiro atoms. The molecule has 0 saturated heterocycles. The van der Waals surface area contributed by atoms with Crippen molar-refractivity contribution >= 4 is 11.9 Å². The van der Waals surface area contributed by atoms with Crippen molar-refractivity contribution in [2.24, 2.45) is 4.99 Å². The van der Waals surface area contributed by atoms with E-state index in [1.807, 2.05) is 55.5 Å². The van der Waals surface area contributed by atoms with Crippen LogP contribution in [0.4, 0.5) is 0 Å². The molecule has 2 rings (SSSR count). The van der Waals surface area contributed by atoms with Gasteiger partial charge in [0, 0.05) is 19.7 Å². The Morgan fingerprint density at radius 2 is 1.94 bits per heavy atom. The first-order valence-corrected chi connectivity index (χ1v) is 5.58. The molecule has 1 aliphatic rings. The zero-order chi connectivity index (χ0) is 13.0. The third-order valence-electron chi connectivity index (χ3n) is 2.28. The number of rotatable bonds is 3. The predicted molar refractivity (Wildman–Crippen MR) is 70.0 cm³/mol. The van der Waals surface area contributed by atoms with Gasteiger partial charge in [0.1, 0.15) is 0 Å². The lowest BCUT2D eigenvalue weighted by Gasteiger charge is -2.00. The van der Waals surface area contributed by atoms with Crippen LogP contribution in [0, 0.1) is 0 Å². The molecule has 0 N–H and O–H groups in total. The van der Waals surface area contributed by atoms with Gasteiger partial charge in [0.15, 0.2) is 5.70 Å².